The topological polar surface area (TPSA) is 77.4 Å². The molecular weight excluding hydrogens is 310 g/mol. The number of aliphatic hydroxyl groups is 2. The maximum absolute atomic E-state index is 9.52. The Morgan fingerprint density at radius 2 is 1.58 bits per heavy atom. The molecule has 0 spiro atoms. The van der Waals surface area contributed by atoms with Crippen LogP contribution in [-0.2, 0) is 18.9 Å². The Morgan fingerprint density at radius 3 is 2.17 bits per heavy atom. The molecule has 2 radical (unpaired) electrons. The molecule has 0 aromatic rings. The number of rotatable bonds is 8. The van der Waals surface area contributed by atoms with Crippen LogP contribution in [0.3, 0.4) is 0 Å². The Hall–Kier alpha value is -0.110. The van der Waals surface area contributed by atoms with Gasteiger partial charge in [-0.2, -0.15) is 0 Å². The summed E-state index contributed by atoms with van der Waals surface area (Å²) in [5.41, 5.74) is 0. The third-order valence-corrected chi connectivity index (χ3v) is 4.19. The number of aliphatic hydroxyl groups excluding tert-OH is 2. The van der Waals surface area contributed by atoms with Crippen LogP contribution in [0, 0.1) is 0 Å². The molecular formula is C16H32B2O6. The van der Waals surface area contributed by atoms with E-state index in [1.807, 2.05) is 14.2 Å². The first-order valence-electron chi connectivity index (χ1n) is 8.88. The molecule has 0 bridgehead atoms. The maximum Gasteiger partial charge on any atom is 0.152 e. The Kier molecular flexibility index (Phi) is 11.2. The lowest BCUT2D eigenvalue weighted by molar-refractivity contribution is -0.0213. The Bertz CT molecular complexity index is 295. The molecule has 2 N–H and O–H groups in total. The maximum atomic E-state index is 9.52. The van der Waals surface area contributed by atoms with Crippen LogP contribution < -0.4 is 0 Å². The number of ether oxygens (including phenoxy) is 4. The van der Waals surface area contributed by atoms with Crippen molar-refractivity contribution in [3.8, 4) is 0 Å². The zero-order valence-corrected chi connectivity index (χ0v) is 15.4. The third kappa shape index (κ3) is 7.02. The van der Waals surface area contributed by atoms with E-state index in [9.17, 15) is 10.2 Å². The summed E-state index contributed by atoms with van der Waals surface area (Å²) in [6, 6.07) is 0.0281. The van der Waals surface area contributed by atoms with Crippen molar-refractivity contribution >= 4 is 14.6 Å². The fourth-order valence-electron chi connectivity index (χ4n) is 2.98. The van der Waals surface area contributed by atoms with Crippen LogP contribution >= 0.6 is 0 Å². The van der Waals surface area contributed by atoms with Gasteiger partial charge in [-0.25, -0.2) is 0 Å². The van der Waals surface area contributed by atoms with Crippen molar-refractivity contribution < 1.29 is 29.2 Å². The highest BCUT2D eigenvalue weighted by Crippen LogP contribution is 2.21. The molecule has 6 unspecified atom stereocenters. The van der Waals surface area contributed by atoms with E-state index in [2.05, 4.69) is 14.2 Å². The summed E-state index contributed by atoms with van der Waals surface area (Å²) in [5.74, 6) is 0. The molecule has 2 saturated heterocycles. The van der Waals surface area contributed by atoms with Crippen LogP contribution in [0.15, 0.2) is 0 Å². The van der Waals surface area contributed by atoms with Crippen molar-refractivity contribution in [3.05, 3.63) is 0 Å². The average Bonchev–Trinajstić information content (AvgIpc) is 3.10. The molecule has 6 nitrogen and oxygen atoms in total. The van der Waals surface area contributed by atoms with Gasteiger partial charge in [-0.3, -0.25) is 0 Å². The van der Waals surface area contributed by atoms with Gasteiger partial charge in [-0.05, 0) is 12.8 Å². The predicted octanol–water partition coefficient (Wildman–Crippen LogP) is 0.502. The summed E-state index contributed by atoms with van der Waals surface area (Å²) in [4.78, 5) is 0. The Morgan fingerprint density at radius 1 is 0.917 bits per heavy atom. The lowest BCUT2D eigenvalue weighted by Gasteiger charge is -2.12. The minimum absolute atomic E-state index is 0.312. The predicted molar refractivity (Wildman–Crippen MR) is 94.8 cm³/mol. The number of hydrogen-bond acceptors (Lipinski definition) is 6. The first-order valence-corrected chi connectivity index (χ1v) is 8.88. The first kappa shape index (κ1) is 21.9. The Labute approximate surface area is 147 Å². The molecule has 2 heterocycles. The summed E-state index contributed by atoms with van der Waals surface area (Å²) in [5, 5.41) is 19.0. The minimum Gasteiger partial charge on any atom is -0.388 e. The van der Waals surface area contributed by atoms with Gasteiger partial charge in [0.1, 0.15) is 25.6 Å². The lowest BCUT2D eigenvalue weighted by atomic mass is 9.67. The van der Waals surface area contributed by atoms with E-state index in [4.69, 9.17) is 18.9 Å². The van der Waals surface area contributed by atoms with Crippen molar-refractivity contribution in [2.45, 2.75) is 75.8 Å². The van der Waals surface area contributed by atoms with E-state index in [-0.39, 0.29) is 6.00 Å². The molecule has 0 amide bonds. The van der Waals surface area contributed by atoms with Crippen molar-refractivity contribution in [1.29, 1.82) is 0 Å². The van der Waals surface area contributed by atoms with Gasteiger partial charge >= 0.3 is 0 Å². The largest absolute Gasteiger partial charge is 0.388 e. The lowest BCUT2D eigenvalue weighted by Crippen LogP contribution is -2.35. The molecule has 0 saturated carbocycles. The molecule has 2 aliphatic heterocycles. The molecule has 2 rings (SSSR count). The van der Waals surface area contributed by atoms with E-state index in [0.29, 0.717) is 18.7 Å². The fraction of sp³-hybridized carbons (Fsp3) is 1.00. The van der Waals surface area contributed by atoms with E-state index in [1.54, 1.807) is 14.2 Å². The minimum atomic E-state index is -0.840. The standard InChI is InChI=1S/C8H16BO4.C8H16BO2/c1-3-9-8-7(11)6(10)5(13-8)4-12-2;1-3-9-8-5-4-7(11-8)6-10-2/h5-8,10-11H,3-4H2,1-2H3;7-8H,3-6H2,1-2H3. The zero-order chi connectivity index (χ0) is 17.9. The highest BCUT2D eigenvalue weighted by Gasteiger charge is 2.41. The quantitative estimate of drug-likeness (QED) is 0.626. The number of hydrogen-bond donors (Lipinski definition) is 2. The molecule has 6 atom stereocenters. The van der Waals surface area contributed by atoms with Gasteiger partial charge in [-0.15, -0.1) is 0 Å². The van der Waals surface area contributed by atoms with Gasteiger partial charge in [0.05, 0.1) is 25.3 Å². The van der Waals surface area contributed by atoms with Crippen LogP contribution in [0.1, 0.15) is 26.7 Å². The van der Waals surface area contributed by atoms with E-state index >= 15 is 0 Å². The molecule has 8 heteroatoms. The van der Waals surface area contributed by atoms with Crippen molar-refractivity contribution in [2.75, 3.05) is 27.4 Å². The summed E-state index contributed by atoms with van der Waals surface area (Å²) in [6.07, 6.45) is 2.50. The zero-order valence-electron chi connectivity index (χ0n) is 15.4. The summed E-state index contributed by atoms with van der Waals surface area (Å²) < 4.78 is 20.9. The van der Waals surface area contributed by atoms with Crippen LogP contribution in [0.5, 0.6) is 0 Å². The van der Waals surface area contributed by atoms with Gasteiger partial charge in [0.2, 0.25) is 0 Å². The van der Waals surface area contributed by atoms with Crippen molar-refractivity contribution in [1.82, 2.24) is 0 Å². The van der Waals surface area contributed by atoms with Gasteiger partial charge in [0.25, 0.3) is 0 Å². The normalized spacial score (nSPS) is 35.4. The number of methoxy groups -OCH3 is 2. The van der Waals surface area contributed by atoms with Crippen LogP contribution in [-0.4, -0.2) is 88.6 Å². The van der Waals surface area contributed by atoms with Gasteiger partial charge in [-0.1, -0.05) is 26.5 Å². The first-order chi connectivity index (χ1) is 11.6. The Balaban J connectivity index is 0.000000243. The fourth-order valence-corrected chi connectivity index (χ4v) is 2.98. The summed E-state index contributed by atoms with van der Waals surface area (Å²) in [7, 11) is 7.35. The van der Waals surface area contributed by atoms with E-state index in [0.717, 1.165) is 25.7 Å². The monoisotopic (exact) mass is 342 g/mol. The molecule has 0 aromatic heterocycles. The highest BCUT2D eigenvalue weighted by molar-refractivity contribution is 6.37. The molecule has 138 valence electrons. The van der Waals surface area contributed by atoms with Gasteiger partial charge < -0.3 is 29.2 Å². The molecule has 0 aromatic carbocycles. The van der Waals surface area contributed by atoms with Crippen molar-refractivity contribution in [3.63, 3.8) is 0 Å². The molecule has 2 aliphatic rings. The van der Waals surface area contributed by atoms with Crippen LogP contribution in [0.25, 0.3) is 0 Å². The average molecular weight is 342 g/mol. The van der Waals surface area contributed by atoms with Crippen LogP contribution in [0.4, 0.5) is 0 Å². The van der Waals surface area contributed by atoms with E-state index in [1.165, 1.54) is 6.42 Å². The molecule has 0 aliphatic carbocycles. The second-order valence-electron chi connectivity index (χ2n) is 6.19. The second kappa shape index (κ2) is 12.3. The van der Waals surface area contributed by atoms with Crippen molar-refractivity contribution in [2.24, 2.45) is 0 Å². The summed E-state index contributed by atoms with van der Waals surface area (Å²) >= 11 is 0. The highest BCUT2D eigenvalue weighted by atomic mass is 16.6. The van der Waals surface area contributed by atoms with Gasteiger partial charge in [0, 0.05) is 20.2 Å². The van der Waals surface area contributed by atoms with Gasteiger partial charge in [0.15, 0.2) is 7.28 Å². The summed E-state index contributed by atoms with van der Waals surface area (Å²) in [6.45, 7) is 5.17. The molecule has 2 fully saturated rings. The molecule has 24 heavy (non-hydrogen) atoms. The smallest absolute Gasteiger partial charge is 0.152 e. The van der Waals surface area contributed by atoms with Crippen LogP contribution in [0.2, 0.25) is 12.6 Å². The second-order valence-corrected chi connectivity index (χ2v) is 6.19. The third-order valence-electron chi connectivity index (χ3n) is 4.19. The SMILES string of the molecule is CC[B]C1CCC(COC)O1.CC[B]C1OC(COC)C(O)C1O. The van der Waals surface area contributed by atoms with E-state index < -0.39 is 18.3 Å².